The molecule has 10 aromatic rings. The smallest absolute Gasteiger partial charge is 0.160 e. The summed E-state index contributed by atoms with van der Waals surface area (Å²) in [6, 6.07) is 72.1. The number of hydrogen-bond acceptors (Lipinski definition) is 3. The fraction of sp³-hybridized carbons (Fsp3) is 0. The highest BCUT2D eigenvalue weighted by Gasteiger charge is 2.21. The zero-order valence-electron chi connectivity index (χ0n) is 29.9. The zero-order valence-corrected chi connectivity index (χ0v) is 29.9. The van der Waals surface area contributed by atoms with Gasteiger partial charge in [-0.15, -0.1) is 0 Å². The molecule has 8 aromatic carbocycles. The molecule has 0 aliphatic carbocycles. The first kappa shape index (κ1) is 32.2. The van der Waals surface area contributed by atoms with Gasteiger partial charge in [0, 0.05) is 33.0 Å². The molecular formula is C51H34N4. The number of fused-ring (bicyclic) bond motifs is 3. The van der Waals surface area contributed by atoms with Crippen LogP contribution >= 0.6 is 0 Å². The van der Waals surface area contributed by atoms with Gasteiger partial charge in [0.25, 0.3) is 0 Å². The molecule has 0 atom stereocenters. The summed E-state index contributed by atoms with van der Waals surface area (Å²) in [5.41, 5.74) is 13.6. The van der Waals surface area contributed by atoms with E-state index in [0.717, 1.165) is 78.2 Å². The van der Waals surface area contributed by atoms with E-state index in [0.29, 0.717) is 5.82 Å². The van der Waals surface area contributed by atoms with Gasteiger partial charge in [-0.2, -0.15) is 5.10 Å². The van der Waals surface area contributed by atoms with Gasteiger partial charge in [-0.1, -0.05) is 176 Å². The average Bonchev–Trinajstić information content (AvgIpc) is 3.69. The van der Waals surface area contributed by atoms with Gasteiger partial charge in [0.2, 0.25) is 0 Å². The number of hydrogen-bond donors (Lipinski definition) is 0. The fourth-order valence-electron chi connectivity index (χ4n) is 7.54. The minimum absolute atomic E-state index is 0.709. The predicted octanol–water partition coefficient (Wildman–Crippen LogP) is 13.0. The first-order chi connectivity index (χ1) is 27.3. The van der Waals surface area contributed by atoms with Gasteiger partial charge in [0.15, 0.2) is 5.82 Å². The molecule has 0 spiro atoms. The molecule has 0 fully saturated rings. The molecule has 2 aromatic heterocycles. The van der Waals surface area contributed by atoms with E-state index in [9.17, 15) is 0 Å². The summed E-state index contributed by atoms with van der Waals surface area (Å²) < 4.78 is 2.12. The highest BCUT2D eigenvalue weighted by atomic mass is 15.3. The van der Waals surface area contributed by atoms with Crippen LogP contribution in [0.5, 0.6) is 0 Å². The molecule has 0 aliphatic rings. The van der Waals surface area contributed by atoms with E-state index in [1.165, 1.54) is 10.8 Å². The Morgan fingerprint density at radius 2 is 0.891 bits per heavy atom. The number of benzene rings is 8. The minimum atomic E-state index is 0.709. The topological polar surface area (TPSA) is 43.6 Å². The van der Waals surface area contributed by atoms with Crippen molar-refractivity contribution in [2.24, 2.45) is 0 Å². The first-order valence-electron chi connectivity index (χ1n) is 18.5. The Hall–Kier alpha value is -7.43. The lowest BCUT2D eigenvalue weighted by Gasteiger charge is -2.13. The second-order valence-corrected chi connectivity index (χ2v) is 13.7. The lowest BCUT2D eigenvalue weighted by Crippen LogP contribution is -1.96. The number of nitrogens with zero attached hydrogens (tertiary/aromatic N) is 4. The van der Waals surface area contributed by atoms with Crippen LogP contribution in [0.2, 0.25) is 0 Å². The van der Waals surface area contributed by atoms with Gasteiger partial charge in [-0.25, -0.2) is 14.6 Å². The number of aromatic nitrogens is 4. The number of para-hydroxylation sites is 1. The molecule has 2 heterocycles. The van der Waals surface area contributed by atoms with E-state index in [1.807, 2.05) is 42.5 Å². The Morgan fingerprint density at radius 1 is 0.364 bits per heavy atom. The van der Waals surface area contributed by atoms with E-state index < -0.39 is 0 Å². The Balaban J connectivity index is 1.10. The van der Waals surface area contributed by atoms with Crippen LogP contribution in [0.3, 0.4) is 0 Å². The predicted molar refractivity (Wildman–Crippen MR) is 227 cm³/mol. The van der Waals surface area contributed by atoms with Crippen molar-refractivity contribution in [3.63, 3.8) is 0 Å². The standard InChI is InChI=1S/C51H34N4/c1-5-16-36(17-6-1)46-34-47(53-51(52-46)39-20-9-3-10-21-39)37-30-28-35(29-31-37)40-23-15-24-41(32-40)45-33-42-22-13-14-27-44(42)50-48(45)49(38-18-7-2-8-19-38)54-55(50)43-25-11-4-12-26-43/h1-34H. The Labute approximate surface area is 319 Å². The molecule has 0 unspecified atom stereocenters. The Morgan fingerprint density at radius 3 is 1.58 bits per heavy atom. The zero-order chi connectivity index (χ0) is 36.6. The van der Waals surface area contributed by atoms with Crippen LogP contribution in [0.1, 0.15) is 0 Å². The molecule has 10 rings (SSSR count). The third-order valence-electron chi connectivity index (χ3n) is 10.2. The molecule has 0 saturated heterocycles. The van der Waals surface area contributed by atoms with E-state index in [-0.39, 0.29) is 0 Å². The summed E-state index contributed by atoms with van der Waals surface area (Å²) in [4.78, 5) is 10.0. The van der Waals surface area contributed by atoms with Crippen LogP contribution < -0.4 is 0 Å². The third-order valence-corrected chi connectivity index (χ3v) is 10.2. The largest absolute Gasteiger partial charge is 0.232 e. The maximum atomic E-state index is 5.34. The van der Waals surface area contributed by atoms with Gasteiger partial charge in [-0.3, -0.25) is 0 Å². The van der Waals surface area contributed by atoms with E-state index >= 15 is 0 Å². The van der Waals surface area contributed by atoms with Gasteiger partial charge in [-0.05, 0) is 58.0 Å². The number of rotatable bonds is 7. The normalized spacial score (nSPS) is 11.3. The van der Waals surface area contributed by atoms with Crippen molar-refractivity contribution < 1.29 is 0 Å². The molecule has 0 bridgehead atoms. The van der Waals surface area contributed by atoms with E-state index in [2.05, 4.69) is 168 Å². The molecule has 4 heteroatoms. The summed E-state index contributed by atoms with van der Waals surface area (Å²) >= 11 is 0. The fourth-order valence-corrected chi connectivity index (χ4v) is 7.54. The SMILES string of the molecule is c1ccc(-c2cc(-c3ccc(-c4cccc(-c5cc6ccccc6c6c5c(-c5ccccc5)nn6-c5ccccc5)c4)cc3)nc(-c3ccccc3)n2)cc1. The van der Waals surface area contributed by atoms with Crippen LogP contribution in [0.15, 0.2) is 206 Å². The maximum absolute atomic E-state index is 5.34. The average molecular weight is 703 g/mol. The summed E-state index contributed by atoms with van der Waals surface area (Å²) in [5, 5.41) is 8.82. The van der Waals surface area contributed by atoms with Crippen molar-refractivity contribution in [2.45, 2.75) is 0 Å². The third kappa shape index (κ3) is 6.06. The van der Waals surface area contributed by atoms with Gasteiger partial charge in [0.05, 0.1) is 22.6 Å². The molecule has 0 amide bonds. The van der Waals surface area contributed by atoms with Crippen molar-refractivity contribution in [3.8, 4) is 73.1 Å². The summed E-state index contributed by atoms with van der Waals surface area (Å²) in [6.07, 6.45) is 0. The summed E-state index contributed by atoms with van der Waals surface area (Å²) in [6.45, 7) is 0. The Kier molecular flexibility index (Phi) is 8.12. The maximum Gasteiger partial charge on any atom is 0.160 e. The second kappa shape index (κ2) is 13.8. The highest BCUT2D eigenvalue weighted by molar-refractivity contribution is 6.17. The van der Waals surface area contributed by atoms with Crippen LogP contribution in [-0.4, -0.2) is 19.7 Å². The molecule has 0 aliphatic heterocycles. The van der Waals surface area contributed by atoms with Crippen molar-refractivity contribution in [3.05, 3.63) is 206 Å². The van der Waals surface area contributed by atoms with Crippen LogP contribution in [0, 0.1) is 0 Å². The van der Waals surface area contributed by atoms with Crippen molar-refractivity contribution in [1.82, 2.24) is 19.7 Å². The summed E-state index contributed by atoms with van der Waals surface area (Å²) in [7, 11) is 0. The van der Waals surface area contributed by atoms with Crippen LogP contribution in [0.25, 0.3) is 94.8 Å². The van der Waals surface area contributed by atoms with Crippen LogP contribution in [-0.2, 0) is 0 Å². The molecular weight excluding hydrogens is 669 g/mol. The minimum Gasteiger partial charge on any atom is -0.232 e. The lowest BCUT2D eigenvalue weighted by molar-refractivity contribution is 0.918. The van der Waals surface area contributed by atoms with E-state index in [1.54, 1.807) is 0 Å². The van der Waals surface area contributed by atoms with Gasteiger partial charge >= 0.3 is 0 Å². The molecule has 0 N–H and O–H groups in total. The highest BCUT2D eigenvalue weighted by Crippen LogP contribution is 2.42. The summed E-state index contributed by atoms with van der Waals surface area (Å²) in [5.74, 6) is 0.709. The quantitative estimate of drug-likeness (QED) is 0.166. The van der Waals surface area contributed by atoms with Crippen molar-refractivity contribution >= 4 is 21.7 Å². The molecule has 0 radical (unpaired) electrons. The van der Waals surface area contributed by atoms with Crippen molar-refractivity contribution in [2.75, 3.05) is 0 Å². The van der Waals surface area contributed by atoms with Gasteiger partial charge in [0.1, 0.15) is 5.69 Å². The monoisotopic (exact) mass is 702 g/mol. The molecule has 55 heavy (non-hydrogen) atoms. The molecule has 4 nitrogen and oxygen atoms in total. The Bertz CT molecular complexity index is 2880. The van der Waals surface area contributed by atoms with Crippen molar-refractivity contribution in [1.29, 1.82) is 0 Å². The molecule has 258 valence electrons. The molecule has 0 saturated carbocycles. The first-order valence-corrected chi connectivity index (χ1v) is 18.5. The second-order valence-electron chi connectivity index (χ2n) is 13.7. The lowest BCUT2D eigenvalue weighted by atomic mass is 9.92. The van der Waals surface area contributed by atoms with Crippen LogP contribution in [0.4, 0.5) is 0 Å². The van der Waals surface area contributed by atoms with Gasteiger partial charge < -0.3 is 0 Å². The van der Waals surface area contributed by atoms with E-state index in [4.69, 9.17) is 15.1 Å².